The summed E-state index contributed by atoms with van der Waals surface area (Å²) in [7, 11) is 0. The number of aliphatic hydroxyl groups is 1. The van der Waals surface area contributed by atoms with Crippen LogP contribution in [-0.2, 0) is 0 Å². The molecule has 0 saturated heterocycles. The third kappa shape index (κ3) is 2.12. The minimum Gasteiger partial charge on any atom is -0.463 e. The highest BCUT2D eigenvalue weighted by Crippen LogP contribution is 2.47. The van der Waals surface area contributed by atoms with E-state index in [0.29, 0.717) is 11.8 Å². The van der Waals surface area contributed by atoms with Crippen LogP contribution in [0.25, 0.3) is 0 Å². The Hall–Kier alpha value is -1.75. The first-order chi connectivity index (χ1) is 9.49. The van der Waals surface area contributed by atoms with Crippen LogP contribution < -0.4 is 0 Å². The van der Waals surface area contributed by atoms with Gasteiger partial charge >= 0.3 is 0 Å². The summed E-state index contributed by atoms with van der Waals surface area (Å²) in [6.07, 6.45) is -0.435. The molecule has 2 aromatic rings. The van der Waals surface area contributed by atoms with Crippen LogP contribution in [0.5, 0.6) is 0 Å². The molecule has 1 aliphatic carbocycles. The zero-order valence-electron chi connectivity index (χ0n) is 10.7. The first-order valence-corrected chi connectivity index (χ1v) is 6.40. The Bertz CT molecular complexity index is 651. The number of furan rings is 1. The third-order valence-corrected chi connectivity index (χ3v) is 3.75. The van der Waals surface area contributed by atoms with Gasteiger partial charge in [0.1, 0.15) is 17.6 Å². The van der Waals surface area contributed by atoms with Crippen molar-refractivity contribution >= 4 is 0 Å². The predicted molar refractivity (Wildman–Crippen MR) is 65.6 cm³/mol. The summed E-state index contributed by atoms with van der Waals surface area (Å²) in [6, 6.07) is 5.06. The van der Waals surface area contributed by atoms with Gasteiger partial charge in [-0.25, -0.2) is 13.2 Å². The Balaban J connectivity index is 1.90. The van der Waals surface area contributed by atoms with Crippen molar-refractivity contribution in [3.8, 4) is 0 Å². The molecule has 3 rings (SSSR count). The van der Waals surface area contributed by atoms with Gasteiger partial charge in [-0.2, -0.15) is 0 Å². The van der Waals surface area contributed by atoms with E-state index in [0.717, 1.165) is 24.3 Å². The zero-order valence-corrected chi connectivity index (χ0v) is 10.7. The van der Waals surface area contributed by atoms with Crippen molar-refractivity contribution in [1.82, 2.24) is 0 Å². The van der Waals surface area contributed by atoms with E-state index in [9.17, 15) is 18.3 Å². The molecule has 1 heterocycles. The van der Waals surface area contributed by atoms with Gasteiger partial charge in [-0.1, -0.05) is 6.92 Å². The molecule has 1 N–H and O–H groups in total. The van der Waals surface area contributed by atoms with E-state index in [1.807, 2.05) is 0 Å². The van der Waals surface area contributed by atoms with Crippen LogP contribution in [0.2, 0.25) is 0 Å². The van der Waals surface area contributed by atoms with Crippen LogP contribution in [0.1, 0.15) is 42.5 Å². The molecule has 0 bridgehead atoms. The predicted octanol–water partition coefficient (Wildman–Crippen LogP) is 3.90. The first kappa shape index (κ1) is 13.2. The average Bonchev–Trinajstić information content (AvgIpc) is 2.97. The second-order valence-corrected chi connectivity index (χ2v) is 5.23. The lowest BCUT2D eigenvalue weighted by atomic mass is 10.1. The van der Waals surface area contributed by atoms with Gasteiger partial charge in [0, 0.05) is 11.5 Å². The molecule has 106 valence electrons. The number of rotatable bonds is 3. The smallest absolute Gasteiger partial charge is 0.194 e. The van der Waals surface area contributed by atoms with Gasteiger partial charge in [0.15, 0.2) is 17.5 Å². The maximum Gasteiger partial charge on any atom is 0.194 e. The minimum atomic E-state index is -1.59. The van der Waals surface area contributed by atoms with Crippen molar-refractivity contribution in [2.24, 2.45) is 5.92 Å². The zero-order chi connectivity index (χ0) is 14.4. The van der Waals surface area contributed by atoms with Gasteiger partial charge in [-0.3, -0.25) is 0 Å². The Kier molecular flexibility index (Phi) is 3.09. The van der Waals surface area contributed by atoms with Gasteiger partial charge in [-0.05, 0) is 36.6 Å². The second-order valence-electron chi connectivity index (χ2n) is 5.23. The molecule has 1 aliphatic rings. The Morgan fingerprint density at radius 1 is 1.15 bits per heavy atom. The van der Waals surface area contributed by atoms with Crippen molar-refractivity contribution in [1.29, 1.82) is 0 Å². The summed E-state index contributed by atoms with van der Waals surface area (Å²) < 4.78 is 45.1. The summed E-state index contributed by atoms with van der Waals surface area (Å²) in [5.74, 6) is -2.56. The molecule has 3 atom stereocenters. The highest BCUT2D eigenvalue weighted by molar-refractivity contribution is 5.29. The molecule has 20 heavy (non-hydrogen) atoms. The molecule has 0 spiro atoms. The number of benzene rings is 1. The van der Waals surface area contributed by atoms with E-state index < -0.39 is 23.6 Å². The summed E-state index contributed by atoms with van der Waals surface area (Å²) >= 11 is 0. The second kappa shape index (κ2) is 4.66. The maximum absolute atomic E-state index is 13.6. The maximum atomic E-state index is 13.6. The van der Waals surface area contributed by atoms with Gasteiger partial charge < -0.3 is 9.52 Å². The normalized spacial score (nSPS) is 22.9. The third-order valence-electron chi connectivity index (χ3n) is 3.75. The van der Waals surface area contributed by atoms with Crippen molar-refractivity contribution in [2.75, 3.05) is 0 Å². The molecule has 2 nitrogen and oxygen atoms in total. The van der Waals surface area contributed by atoms with Crippen LogP contribution in [0.15, 0.2) is 28.7 Å². The summed E-state index contributed by atoms with van der Waals surface area (Å²) in [5, 5.41) is 10.0. The van der Waals surface area contributed by atoms with Gasteiger partial charge in [0.2, 0.25) is 0 Å². The largest absolute Gasteiger partial charge is 0.463 e. The lowest BCUT2D eigenvalue weighted by molar-refractivity contribution is 0.180. The number of aliphatic hydroxyl groups excluding tert-OH is 1. The monoisotopic (exact) mass is 282 g/mol. The standard InChI is InChI=1S/C15H13F3O2/c1-7-6-9(7)11-4-5-12(20-11)15(19)8-2-3-10(16)14(18)13(8)17/h2-5,7,9,15,19H,6H2,1H3. The molecule has 5 heteroatoms. The van der Waals surface area contributed by atoms with E-state index in [2.05, 4.69) is 6.92 Å². The Morgan fingerprint density at radius 2 is 1.85 bits per heavy atom. The molecule has 0 radical (unpaired) electrons. The number of hydrogen-bond acceptors (Lipinski definition) is 2. The highest BCUT2D eigenvalue weighted by atomic mass is 19.2. The molecular formula is C15H13F3O2. The fraction of sp³-hybridized carbons (Fsp3) is 0.333. The SMILES string of the molecule is CC1CC1c1ccc(C(O)c2ccc(F)c(F)c2F)o1. The number of halogens is 3. The average molecular weight is 282 g/mol. The fourth-order valence-electron chi connectivity index (χ4n) is 2.34. The topological polar surface area (TPSA) is 33.4 Å². The Morgan fingerprint density at radius 3 is 2.50 bits per heavy atom. The van der Waals surface area contributed by atoms with Gasteiger partial charge in [0.05, 0.1) is 0 Å². The van der Waals surface area contributed by atoms with Gasteiger partial charge in [-0.15, -0.1) is 0 Å². The van der Waals surface area contributed by atoms with Gasteiger partial charge in [0.25, 0.3) is 0 Å². The lowest BCUT2D eigenvalue weighted by Gasteiger charge is -2.10. The van der Waals surface area contributed by atoms with Crippen molar-refractivity contribution in [3.63, 3.8) is 0 Å². The molecule has 1 aromatic carbocycles. The summed E-state index contributed by atoms with van der Waals surface area (Å²) in [5.41, 5.74) is -0.339. The highest BCUT2D eigenvalue weighted by Gasteiger charge is 2.37. The van der Waals surface area contributed by atoms with E-state index in [4.69, 9.17) is 4.42 Å². The van der Waals surface area contributed by atoms with E-state index in [1.165, 1.54) is 6.07 Å². The molecule has 0 aliphatic heterocycles. The van der Waals surface area contributed by atoms with Crippen molar-refractivity contribution in [3.05, 3.63) is 58.8 Å². The quantitative estimate of drug-likeness (QED) is 0.866. The van der Waals surface area contributed by atoms with Crippen molar-refractivity contribution < 1.29 is 22.7 Å². The summed E-state index contributed by atoms with van der Waals surface area (Å²) in [4.78, 5) is 0. The molecular weight excluding hydrogens is 269 g/mol. The Labute approximate surface area is 113 Å². The van der Waals surface area contributed by atoms with E-state index in [-0.39, 0.29) is 11.3 Å². The minimum absolute atomic E-state index is 0.129. The van der Waals surface area contributed by atoms with Crippen LogP contribution in [0, 0.1) is 23.4 Å². The molecule has 1 aromatic heterocycles. The number of hydrogen-bond donors (Lipinski definition) is 1. The van der Waals surface area contributed by atoms with Crippen LogP contribution in [0.4, 0.5) is 13.2 Å². The molecule has 1 fully saturated rings. The molecule has 1 saturated carbocycles. The summed E-state index contributed by atoms with van der Waals surface area (Å²) in [6.45, 7) is 2.08. The van der Waals surface area contributed by atoms with Crippen LogP contribution >= 0.6 is 0 Å². The fourth-order valence-corrected chi connectivity index (χ4v) is 2.34. The van der Waals surface area contributed by atoms with Crippen molar-refractivity contribution in [2.45, 2.75) is 25.4 Å². The lowest BCUT2D eigenvalue weighted by Crippen LogP contribution is -2.04. The van der Waals surface area contributed by atoms with Crippen LogP contribution in [0.3, 0.4) is 0 Å². The van der Waals surface area contributed by atoms with E-state index in [1.54, 1.807) is 6.07 Å². The molecule has 0 amide bonds. The first-order valence-electron chi connectivity index (χ1n) is 6.40. The molecule has 3 unspecified atom stereocenters. The van der Waals surface area contributed by atoms with E-state index >= 15 is 0 Å². The van der Waals surface area contributed by atoms with Crippen LogP contribution in [-0.4, -0.2) is 5.11 Å².